The molecule has 1 aliphatic heterocycles. The van der Waals surface area contributed by atoms with Crippen LogP contribution in [0.5, 0.6) is 0 Å². The second-order valence-corrected chi connectivity index (χ2v) is 10.4. The molecular formula is C25H35N3O5. The molecule has 2 atom stereocenters. The highest BCUT2D eigenvalue weighted by atomic mass is 16.6. The molecule has 8 nitrogen and oxygen atoms in total. The Morgan fingerprint density at radius 2 is 1.85 bits per heavy atom. The third kappa shape index (κ3) is 5.38. The Morgan fingerprint density at radius 3 is 2.52 bits per heavy atom. The van der Waals surface area contributed by atoms with Crippen molar-refractivity contribution >= 4 is 29.2 Å². The summed E-state index contributed by atoms with van der Waals surface area (Å²) in [6.45, 7) is 5.56. The smallest absolute Gasteiger partial charge is 0.338 e. The number of nitrogens with one attached hydrogen (secondary N) is 1. The van der Waals surface area contributed by atoms with Crippen molar-refractivity contribution in [3.05, 3.63) is 23.8 Å². The van der Waals surface area contributed by atoms with Crippen molar-refractivity contribution < 1.29 is 24.2 Å². The minimum Gasteiger partial charge on any atom is -0.456 e. The van der Waals surface area contributed by atoms with Crippen LogP contribution in [0.4, 0.5) is 11.4 Å². The van der Waals surface area contributed by atoms with Gasteiger partial charge in [0.1, 0.15) is 12.1 Å². The predicted octanol–water partition coefficient (Wildman–Crippen LogP) is 2.62. The Kier molecular flexibility index (Phi) is 6.77. The van der Waals surface area contributed by atoms with Crippen LogP contribution in [-0.4, -0.2) is 60.3 Å². The maximum absolute atomic E-state index is 13.3. The standard InChI is InChI=1S/C25H35N3O5/c1-25(2,3)33-24(32)16-8-11-20-21(12-16)27(14-23(31)28(20)18-9-10-18)22(30)13-26-19-7-5-4-6-17(19)15-29/h8,11-12,17-19,26,29H,4-7,9-10,13-15H2,1-3H3/t17-,19?/m0/s1. The van der Waals surface area contributed by atoms with E-state index < -0.39 is 11.6 Å². The summed E-state index contributed by atoms with van der Waals surface area (Å²) in [6.07, 6.45) is 5.92. The van der Waals surface area contributed by atoms with Gasteiger partial charge in [-0.3, -0.25) is 14.5 Å². The fourth-order valence-corrected chi connectivity index (χ4v) is 4.80. The number of hydrogen-bond donors (Lipinski definition) is 2. The van der Waals surface area contributed by atoms with Crippen molar-refractivity contribution in [3.63, 3.8) is 0 Å². The van der Waals surface area contributed by atoms with E-state index in [0.717, 1.165) is 38.5 Å². The van der Waals surface area contributed by atoms with E-state index in [-0.39, 0.29) is 49.5 Å². The number of fused-ring (bicyclic) bond motifs is 1. The quantitative estimate of drug-likeness (QED) is 0.637. The normalized spacial score (nSPS) is 23.3. The van der Waals surface area contributed by atoms with Crippen molar-refractivity contribution in [2.45, 2.75) is 77.0 Å². The second-order valence-electron chi connectivity index (χ2n) is 10.4. The van der Waals surface area contributed by atoms with Crippen LogP contribution < -0.4 is 15.1 Å². The molecule has 3 aliphatic rings. The zero-order valence-corrected chi connectivity index (χ0v) is 19.8. The lowest BCUT2D eigenvalue weighted by Gasteiger charge is -2.37. The Hall–Kier alpha value is -2.45. The number of benzene rings is 1. The van der Waals surface area contributed by atoms with Crippen LogP contribution in [0.2, 0.25) is 0 Å². The van der Waals surface area contributed by atoms with Gasteiger partial charge < -0.3 is 20.1 Å². The molecule has 1 aromatic carbocycles. The van der Waals surface area contributed by atoms with Crippen LogP contribution in [0.1, 0.15) is 69.7 Å². The monoisotopic (exact) mass is 457 g/mol. The summed E-state index contributed by atoms with van der Waals surface area (Å²) in [6, 6.07) is 5.33. The fraction of sp³-hybridized carbons (Fsp3) is 0.640. The number of ether oxygens (including phenoxy) is 1. The minimum atomic E-state index is -0.633. The average Bonchev–Trinajstić information content (AvgIpc) is 3.60. The lowest BCUT2D eigenvalue weighted by atomic mass is 9.85. The molecule has 0 aromatic heterocycles. The molecule has 0 radical (unpaired) electrons. The zero-order chi connectivity index (χ0) is 23.8. The molecule has 1 heterocycles. The van der Waals surface area contributed by atoms with Gasteiger partial charge in [-0.05, 0) is 70.6 Å². The molecule has 0 saturated heterocycles. The van der Waals surface area contributed by atoms with Gasteiger partial charge in [-0.15, -0.1) is 0 Å². The third-order valence-electron chi connectivity index (χ3n) is 6.59. The first-order chi connectivity index (χ1) is 15.7. The zero-order valence-electron chi connectivity index (χ0n) is 19.8. The van der Waals surface area contributed by atoms with Gasteiger partial charge in [-0.1, -0.05) is 12.8 Å². The van der Waals surface area contributed by atoms with Crippen molar-refractivity contribution in [2.24, 2.45) is 5.92 Å². The Morgan fingerprint density at radius 1 is 1.12 bits per heavy atom. The molecule has 8 heteroatoms. The summed E-state index contributed by atoms with van der Waals surface area (Å²) < 4.78 is 5.51. The molecule has 2 amide bonds. The number of esters is 1. The molecule has 0 spiro atoms. The number of anilines is 2. The van der Waals surface area contributed by atoms with E-state index >= 15 is 0 Å². The molecule has 2 fully saturated rings. The summed E-state index contributed by atoms with van der Waals surface area (Å²) in [5.74, 6) is -0.637. The molecule has 33 heavy (non-hydrogen) atoms. The number of carbonyl (C=O) groups excluding carboxylic acids is 3. The molecule has 180 valence electrons. The van der Waals surface area contributed by atoms with Crippen LogP contribution in [0, 0.1) is 5.92 Å². The van der Waals surface area contributed by atoms with Crippen LogP contribution in [0.15, 0.2) is 18.2 Å². The van der Waals surface area contributed by atoms with Crippen molar-refractivity contribution in [1.29, 1.82) is 0 Å². The minimum absolute atomic E-state index is 0.0458. The molecule has 0 bridgehead atoms. The van der Waals surface area contributed by atoms with Gasteiger partial charge in [0.2, 0.25) is 11.8 Å². The number of amides is 2. The van der Waals surface area contributed by atoms with E-state index in [1.54, 1.807) is 23.1 Å². The molecular weight excluding hydrogens is 422 g/mol. The van der Waals surface area contributed by atoms with Crippen LogP contribution in [0.25, 0.3) is 0 Å². The van der Waals surface area contributed by atoms with Gasteiger partial charge in [-0.25, -0.2) is 4.79 Å². The summed E-state index contributed by atoms with van der Waals surface area (Å²) in [4.78, 5) is 42.1. The highest BCUT2D eigenvalue weighted by Gasteiger charge is 2.41. The first kappa shape index (κ1) is 23.7. The van der Waals surface area contributed by atoms with Crippen molar-refractivity contribution in [2.75, 3.05) is 29.5 Å². The fourth-order valence-electron chi connectivity index (χ4n) is 4.80. The SMILES string of the molecule is CC(C)(C)OC(=O)c1ccc2c(c1)N(C(=O)CNC1CCCC[C@H]1CO)CC(=O)N2C1CC1. The van der Waals surface area contributed by atoms with Crippen LogP contribution in [0.3, 0.4) is 0 Å². The highest BCUT2D eigenvalue weighted by Crippen LogP contribution is 2.41. The van der Waals surface area contributed by atoms with E-state index in [0.29, 0.717) is 16.9 Å². The van der Waals surface area contributed by atoms with Crippen LogP contribution >= 0.6 is 0 Å². The number of nitrogens with zero attached hydrogens (tertiary/aromatic N) is 2. The summed E-state index contributed by atoms with van der Waals surface area (Å²) in [5.41, 5.74) is 0.956. The first-order valence-electron chi connectivity index (χ1n) is 12.0. The summed E-state index contributed by atoms with van der Waals surface area (Å²) in [5, 5.41) is 13.0. The number of rotatable bonds is 6. The van der Waals surface area contributed by atoms with Gasteiger partial charge in [-0.2, -0.15) is 0 Å². The molecule has 2 N–H and O–H groups in total. The maximum Gasteiger partial charge on any atom is 0.338 e. The predicted molar refractivity (Wildman–Crippen MR) is 125 cm³/mol. The number of hydrogen-bond acceptors (Lipinski definition) is 6. The number of aliphatic hydroxyl groups excluding tert-OH is 1. The molecule has 1 aromatic rings. The average molecular weight is 458 g/mol. The topological polar surface area (TPSA) is 99.2 Å². The third-order valence-corrected chi connectivity index (χ3v) is 6.59. The van der Waals surface area contributed by atoms with Gasteiger partial charge in [0.15, 0.2) is 0 Å². The van der Waals surface area contributed by atoms with Gasteiger partial charge in [0.05, 0.1) is 23.5 Å². The molecule has 4 rings (SSSR count). The van der Waals surface area contributed by atoms with Gasteiger partial charge in [0, 0.05) is 18.7 Å². The summed E-state index contributed by atoms with van der Waals surface area (Å²) in [7, 11) is 0. The Bertz CT molecular complexity index is 921. The van der Waals surface area contributed by atoms with Crippen LogP contribution in [-0.2, 0) is 14.3 Å². The molecule has 1 unspecified atom stereocenters. The van der Waals surface area contributed by atoms with E-state index in [4.69, 9.17) is 4.74 Å². The number of aliphatic hydroxyl groups is 1. The maximum atomic E-state index is 13.3. The molecule has 2 aliphatic carbocycles. The Labute approximate surface area is 195 Å². The lowest BCUT2D eigenvalue weighted by Crippen LogP contribution is -2.52. The first-order valence-corrected chi connectivity index (χ1v) is 12.0. The largest absolute Gasteiger partial charge is 0.456 e. The molecule has 2 saturated carbocycles. The van der Waals surface area contributed by atoms with Gasteiger partial charge >= 0.3 is 5.97 Å². The summed E-state index contributed by atoms with van der Waals surface area (Å²) >= 11 is 0. The second kappa shape index (κ2) is 9.43. The van der Waals surface area contributed by atoms with E-state index in [9.17, 15) is 19.5 Å². The number of carbonyl (C=O) groups is 3. The Balaban J connectivity index is 1.57. The van der Waals surface area contributed by atoms with Crippen molar-refractivity contribution in [3.8, 4) is 0 Å². The van der Waals surface area contributed by atoms with Crippen molar-refractivity contribution in [1.82, 2.24) is 5.32 Å². The lowest BCUT2D eigenvalue weighted by molar-refractivity contribution is -0.122. The van der Waals surface area contributed by atoms with Gasteiger partial charge in [0.25, 0.3) is 0 Å². The van der Waals surface area contributed by atoms with E-state index in [2.05, 4.69) is 5.32 Å². The highest BCUT2D eigenvalue weighted by molar-refractivity contribution is 6.12. The van der Waals surface area contributed by atoms with E-state index in [1.165, 1.54) is 4.90 Å². The van der Waals surface area contributed by atoms with E-state index in [1.807, 2.05) is 20.8 Å².